The summed E-state index contributed by atoms with van der Waals surface area (Å²) in [7, 11) is 0. The SMILES string of the molecule is CCOC(=O)CCCCOC(=O)/C(C)=C\C(C)=C\c1csc([C@H](Cc2ccc(OCc3ccccc3)cc2)NC(=O)OC(C)(C)C)n1. The molecule has 252 valence electrons. The van der Waals surface area contributed by atoms with Gasteiger partial charge in [-0.05, 0) is 102 Å². The number of alkyl carbamates (subject to hydrolysis) is 1. The van der Waals surface area contributed by atoms with Crippen LogP contribution in [-0.4, -0.2) is 41.8 Å². The van der Waals surface area contributed by atoms with Gasteiger partial charge in [-0.3, -0.25) is 4.79 Å². The largest absolute Gasteiger partial charge is 0.489 e. The van der Waals surface area contributed by atoms with Crippen molar-refractivity contribution < 1.29 is 33.3 Å². The predicted molar refractivity (Wildman–Crippen MR) is 184 cm³/mol. The van der Waals surface area contributed by atoms with Crippen molar-refractivity contribution in [3.8, 4) is 5.75 Å². The Morgan fingerprint density at radius 1 is 0.957 bits per heavy atom. The summed E-state index contributed by atoms with van der Waals surface area (Å²) in [5.74, 6) is 0.102. The van der Waals surface area contributed by atoms with Crippen LogP contribution < -0.4 is 10.1 Å². The van der Waals surface area contributed by atoms with Crippen molar-refractivity contribution in [2.45, 2.75) is 85.5 Å². The van der Waals surface area contributed by atoms with Gasteiger partial charge in [0.05, 0.1) is 24.9 Å². The summed E-state index contributed by atoms with van der Waals surface area (Å²) >= 11 is 1.44. The highest BCUT2D eigenvalue weighted by molar-refractivity contribution is 7.09. The predicted octanol–water partition coefficient (Wildman–Crippen LogP) is 8.16. The molecule has 1 N–H and O–H groups in total. The lowest BCUT2D eigenvalue weighted by Crippen LogP contribution is -2.35. The zero-order valence-electron chi connectivity index (χ0n) is 28.2. The van der Waals surface area contributed by atoms with Gasteiger partial charge in [0.2, 0.25) is 0 Å². The molecule has 3 rings (SSSR count). The summed E-state index contributed by atoms with van der Waals surface area (Å²) < 4.78 is 21.7. The van der Waals surface area contributed by atoms with Gasteiger partial charge in [0.1, 0.15) is 23.0 Å². The third-order valence-corrected chi connectivity index (χ3v) is 7.57. The number of rotatable bonds is 16. The molecule has 0 aliphatic rings. The molecular formula is C37H46N2O7S. The number of ether oxygens (including phenoxy) is 4. The van der Waals surface area contributed by atoms with Crippen molar-refractivity contribution in [1.82, 2.24) is 10.3 Å². The normalized spacial score (nSPS) is 12.6. The van der Waals surface area contributed by atoms with Crippen LogP contribution in [0.4, 0.5) is 4.79 Å². The smallest absolute Gasteiger partial charge is 0.408 e. The van der Waals surface area contributed by atoms with E-state index in [9.17, 15) is 14.4 Å². The van der Waals surface area contributed by atoms with E-state index in [4.69, 9.17) is 23.9 Å². The second kappa shape index (κ2) is 18.6. The van der Waals surface area contributed by atoms with Crippen molar-refractivity contribution in [3.63, 3.8) is 0 Å². The molecule has 0 fully saturated rings. The van der Waals surface area contributed by atoms with E-state index in [0.29, 0.717) is 50.2 Å². The lowest BCUT2D eigenvalue weighted by molar-refractivity contribution is -0.143. The molecule has 10 heteroatoms. The molecule has 0 spiro atoms. The maximum Gasteiger partial charge on any atom is 0.408 e. The fraction of sp³-hybridized carbons (Fsp3) is 0.405. The summed E-state index contributed by atoms with van der Waals surface area (Å²) in [6.45, 7) is 11.9. The lowest BCUT2D eigenvalue weighted by Gasteiger charge is -2.23. The molecule has 47 heavy (non-hydrogen) atoms. The van der Waals surface area contributed by atoms with Crippen molar-refractivity contribution in [3.05, 3.63) is 99.0 Å². The van der Waals surface area contributed by atoms with E-state index < -0.39 is 23.7 Å². The molecule has 0 saturated carbocycles. The first-order valence-corrected chi connectivity index (χ1v) is 16.7. The Labute approximate surface area is 282 Å². The van der Waals surface area contributed by atoms with Crippen molar-refractivity contribution >= 4 is 35.4 Å². The maximum atomic E-state index is 12.8. The van der Waals surface area contributed by atoms with Crippen LogP contribution in [0.5, 0.6) is 5.75 Å². The fourth-order valence-electron chi connectivity index (χ4n) is 4.43. The van der Waals surface area contributed by atoms with Gasteiger partial charge in [0.15, 0.2) is 0 Å². The molecule has 2 aromatic carbocycles. The van der Waals surface area contributed by atoms with Crippen molar-refractivity contribution in [1.29, 1.82) is 0 Å². The van der Waals surface area contributed by atoms with Crippen LogP contribution in [0.25, 0.3) is 6.08 Å². The van der Waals surface area contributed by atoms with Crippen molar-refractivity contribution in [2.75, 3.05) is 13.2 Å². The second-order valence-corrected chi connectivity index (χ2v) is 12.9. The summed E-state index contributed by atoms with van der Waals surface area (Å²) in [6, 6.07) is 17.4. The van der Waals surface area contributed by atoms with E-state index in [1.54, 1.807) is 19.9 Å². The average molecular weight is 663 g/mol. The number of benzene rings is 2. The summed E-state index contributed by atoms with van der Waals surface area (Å²) in [6.07, 6.45) is 5.08. The number of hydrogen-bond acceptors (Lipinski definition) is 9. The highest BCUT2D eigenvalue weighted by Gasteiger charge is 2.23. The van der Waals surface area contributed by atoms with E-state index in [1.165, 1.54) is 11.3 Å². The minimum Gasteiger partial charge on any atom is -0.489 e. The summed E-state index contributed by atoms with van der Waals surface area (Å²) in [4.78, 5) is 41.4. The Bertz CT molecular complexity index is 1510. The van der Waals surface area contributed by atoms with Crippen LogP contribution in [0, 0.1) is 0 Å². The Morgan fingerprint density at radius 3 is 2.36 bits per heavy atom. The Hall–Kier alpha value is -4.44. The second-order valence-electron chi connectivity index (χ2n) is 12.0. The van der Waals surface area contributed by atoms with Gasteiger partial charge < -0.3 is 24.3 Å². The third kappa shape index (κ3) is 14.2. The quantitative estimate of drug-likeness (QED) is 0.0538. The number of carbonyl (C=O) groups is 3. The van der Waals surface area contributed by atoms with Gasteiger partial charge in [-0.15, -0.1) is 11.3 Å². The molecule has 0 radical (unpaired) electrons. The maximum absolute atomic E-state index is 12.8. The Kier molecular flexibility index (Phi) is 14.7. The molecule has 0 saturated heterocycles. The molecule has 3 aromatic rings. The van der Waals surface area contributed by atoms with E-state index >= 15 is 0 Å². The molecule has 1 atom stereocenters. The number of amides is 1. The third-order valence-electron chi connectivity index (χ3n) is 6.60. The summed E-state index contributed by atoms with van der Waals surface area (Å²) in [5.41, 5.74) is 3.43. The topological polar surface area (TPSA) is 113 Å². The zero-order valence-corrected chi connectivity index (χ0v) is 29.0. The Morgan fingerprint density at radius 2 is 1.68 bits per heavy atom. The van der Waals surface area contributed by atoms with E-state index in [1.807, 2.05) is 93.7 Å². The monoisotopic (exact) mass is 662 g/mol. The number of thiazole rings is 1. The minimum absolute atomic E-state index is 0.233. The standard InChI is InChI=1S/C37H46N2O7S/c1-7-43-33(40)15-11-12-20-44-35(41)27(3)21-26(2)22-30-25-47-34(38-30)32(39-36(42)46-37(4,5)6)23-28-16-18-31(19-17-28)45-24-29-13-9-8-10-14-29/h8-10,13-14,16-19,21-22,25,32H,7,11-12,15,20,23-24H2,1-6H3,(H,39,42)/b26-22+,27-21-/t32-/m0/s1. The van der Waals surface area contributed by atoms with Crippen LogP contribution in [0.2, 0.25) is 0 Å². The molecule has 1 heterocycles. The van der Waals surface area contributed by atoms with Crippen LogP contribution in [0.3, 0.4) is 0 Å². The molecule has 0 aliphatic carbocycles. The highest BCUT2D eigenvalue weighted by Crippen LogP contribution is 2.26. The first-order chi connectivity index (χ1) is 22.4. The number of nitrogens with zero attached hydrogens (tertiary/aromatic N) is 1. The molecule has 0 aliphatic heterocycles. The van der Waals surface area contributed by atoms with Crippen LogP contribution in [0.15, 0.2) is 77.2 Å². The van der Waals surface area contributed by atoms with Gasteiger partial charge >= 0.3 is 18.0 Å². The zero-order chi connectivity index (χ0) is 34.2. The first-order valence-electron chi connectivity index (χ1n) is 15.8. The number of nitrogens with one attached hydrogen (secondary N) is 1. The Balaban J connectivity index is 1.64. The molecule has 1 amide bonds. The van der Waals surface area contributed by atoms with Crippen LogP contribution in [-0.2, 0) is 36.8 Å². The van der Waals surface area contributed by atoms with Gasteiger partial charge in [-0.2, -0.15) is 0 Å². The molecule has 0 unspecified atom stereocenters. The molecule has 1 aromatic heterocycles. The first kappa shape index (κ1) is 37.0. The molecular weight excluding hydrogens is 616 g/mol. The van der Waals surface area contributed by atoms with Gasteiger partial charge in [0.25, 0.3) is 0 Å². The van der Waals surface area contributed by atoms with Crippen LogP contribution in [0.1, 0.15) is 88.7 Å². The number of allylic oxidation sites excluding steroid dienone is 2. The highest BCUT2D eigenvalue weighted by atomic mass is 32.1. The van der Waals surface area contributed by atoms with Crippen LogP contribution >= 0.6 is 11.3 Å². The van der Waals surface area contributed by atoms with Gasteiger partial charge in [-0.1, -0.05) is 42.5 Å². The number of unbranched alkanes of at least 4 members (excludes halogenated alkanes) is 1. The average Bonchev–Trinajstić information content (AvgIpc) is 3.48. The van der Waals surface area contributed by atoms with E-state index in [-0.39, 0.29) is 12.6 Å². The van der Waals surface area contributed by atoms with Gasteiger partial charge in [0, 0.05) is 17.4 Å². The molecule has 0 bridgehead atoms. The molecule has 9 nitrogen and oxygen atoms in total. The lowest BCUT2D eigenvalue weighted by atomic mass is 10.1. The summed E-state index contributed by atoms with van der Waals surface area (Å²) in [5, 5.41) is 5.63. The number of aromatic nitrogens is 1. The minimum atomic E-state index is -0.645. The van der Waals surface area contributed by atoms with Crippen molar-refractivity contribution in [2.24, 2.45) is 0 Å². The van der Waals surface area contributed by atoms with Gasteiger partial charge in [-0.25, -0.2) is 14.6 Å². The fourth-order valence-corrected chi connectivity index (χ4v) is 5.26. The number of carbonyl (C=O) groups excluding carboxylic acids is 3. The number of hydrogen-bond donors (Lipinski definition) is 1. The van der Waals surface area contributed by atoms with E-state index in [0.717, 1.165) is 27.5 Å². The number of esters is 2. The van der Waals surface area contributed by atoms with E-state index in [2.05, 4.69) is 5.32 Å².